The minimum absolute atomic E-state index is 0.664. The van der Waals surface area contributed by atoms with E-state index < -0.39 is 0 Å². The van der Waals surface area contributed by atoms with Gasteiger partial charge in [-0.2, -0.15) is 0 Å². The molecule has 0 saturated carbocycles. The molecular formula is C23H21ClN4O2. The smallest absolute Gasteiger partial charge is 0.171 e. The summed E-state index contributed by atoms with van der Waals surface area (Å²) < 4.78 is 13.3. The molecule has 4 heterocycles. The van der Waals surface area contributed by atoms with Crippen LogP contribution in [0.1, 0.15) is 0 Å². The Bertz CT molecular complexity index is 1270. The van der Waals surface area contributed by atoms with Gasteiger partial charge in [-0.25, -0.2) is 4.98 Å². The maximum atomic E-state index is 6.65. The van der Waals surface area contributed by atoms with E-state index in [-0.39, 0.29) is 0 Å². The molecule has 30 heavy (non-hydrogen) atoms. The van der Waals surface area contributed by atoms with E-state index in [1.165, 1.54) is 0 Å². The molecule has 4 aromatic rings. The van der Waals surface area contributed by atoms with E-state index in [0.29, 0.717) is 17.4 Å². The van der Waals surface area contributed by atoms with Crippen molar-refractivity contribution in [1.82, 2.24) is 14.5 Å². The molecule has 7 heteroatoms. The Hall–Kier alpha value is -3.25. The zero-order chi connectivity index (χ0) is 20.8. The molecule has 0 N–H and O–H groups in total. The van der Waals surface area contributed by atoms with Crippen LogP contribution in [0.25, 0.3) is 33.3 Å². The highest BCUT2D eigenvalue weighted by Crippen LogP contribution is 2.38. The van der Waals surface area contributed by atoms with Gasteiger partial charge in [-0.1, -0.05) is 11.6 Å². The van der Waals surface area contributed by atoms with Crippen LogP contribution in [0.15, 0.2) is 48.9 Å². The summed E-state index contributed by atoms with van der Waals surface area (Å²) in [5.74, 6) is 2.38. The number of anilines is 1. The van der Waals surface area contributed by atoms with Gasteiger partial charge in [-0.05, 0) is 30.3 Å². The molecule has 0 bridgehead atoms. The van der Waals surface area contributed by atoms with E-state index >= 15 is 0 Å². The minimum atomic E-state index is 0.664. The number of fused-ring (bicyclic) bond motifs is 2. The number of halogens is 1. The number of hydrogen-bond donors (Lipinski definition) is 0. The van der Waals surface area contributed by atoms with Crippen molar-refractivity contribution in [3.05, 3.63) is 53.9 Å². The van der Waals surface area contributed by atoms with Crippen LogP contribution in [0.3, 0.4) is 0 Å². The van der Waals surface area contributed by atoms with E-state index in [9.17, 15) is 0 Å². The zero-order valence-corrected chi connectivity index (χ0v) is 17.8. The molecule has 0 amide bonds. The number of aryl methyl sites for hydroxylation is 1. The molecule has 0 radical (unpaired) electrons. The SMILES string of the molecule is COc1cncc(-c2cc3cc(-c4cnc5c(c4)OCCN5C)n(C)c3cc2Cl)c1. The second kappa shape index (κ2) is 7.22. The molecular weight excluding hydrogens is 400 g/mol. The van der Waals surface area contributed by atoms with Crippen molar-refractivity contribution in [2.45, 2.75) is 0 Å². The zero-order valence-electron chi connectivity index (χ0n) is 17.0. The number of methoxy groups -OCH3 is 1. The summed E-state index contributed by atoms with van der Waals surface area (Å²) in [5.41, 5.74) is 4.93. The van der Waals surface area contributed by atoms with Crippen molar-refractivity contribution in [1.29, 1.82) is 0 Å². The third-order valence-electron chi connectivity index (χ3n) is 5.57. The van der Waals surface area contributed by atoms with Gasteiger partial charge in [0.05, 0.1) is 30.6 Å². The molecule has 0 spiro atoms. The van der Waals surface area contributed by atoms with Crippen molar-refractivity contribution >= 4 is 28.3 Å². The largest absolute Gasteiger partial charge is 0.495 e. The number of benzene rings is 1. The first-order valence-corrected chi connectivity index (χ1v) is 10.1. The highest BCUT2D eigenvalue weighted by atomic mass is 35.5. The fourth-order valence-corrected chi connectivity index (χ4v) is 4.17. The highest BCUT2D eigenvalue weighted by molar-refractivity contribution is 6.34. The average Bonchev–Trinajstić information content (AvgIpc) is 3.08. The summed E-state index contributed by atoms with van der Waals surface area (Å²) in [4.78, 5) is 11.0. The normalized spacial score (nSPS) is 13.3. The molecule has 1 aliphatic heterocycles. The molecule has 1 aliphatic rings. The summed E-state index contributed by atoms with van der Waals surface area (Å²) in [7, 11) is 5.69. The van der Waals surface area contributed by atoms with Crippen LogP contribution in [-0.4, -0.2) is 41.8 Å². The summed E-state index contributed by atoms with van der Waals surface area (Å²) in [6.07, 6.45) is 5.37. The van der Waals surface area contributed by atoms with Gasteiger partial charge in [0.1, 0.15) is 12.4 Å². The average molecular weight is 421 g/mol. The number of aromatic nitrogens is 3. The van der Waals surface area contributed by atoms with Gasteiger partial charge in [0, 0.05) is 54.1 Å². The number of ether oxygens (including phenoxy) is 2. The molecule has 5 rings (SSSR count). The van der Waals surface area contributed by atoms with Gasteiger partial charge in [0.2, 0.25) is 0 Å². The topological polar surface area (TPSA) is 52.4 Å². The molecule has 152 valence electrons. The van der Waals surface area contributed by atoms with Gasteiger partial charge in [-0.15, -0.1) is 0 Å². The van der Waals surface area contributed by atoms with Crippen LogP contribution in [0, 0.1) is 0 Å². The first-order chi connectivity index (χ1) is 14.5. The number of nitrogens with zero attached hydrogens (tertiary/aromatic N) is 4. The minimum Gasteiger partial charge on any atom is -0.495 e. The fraction of sp³-hybridized carbons (Fsp3) is 0.217. The molecule has 0 fully saturated rings. The predicted molar refractivity (Wildman–Crippen MR) is 120 cm³/mol. The predicted octanol–water partition coefficient (Wildman–Crippen LogP) is 4.79. The van der Waals surface area contributed by atoms with Crippen molar-refractivity contribution in [2.24, 2.45) is 7.05 Å². The van der Waals surface area contributed by atoms with E-state index in [4.69, 9.17) is 21.1 Å². The van der Waals surface area contributed by atoms with Crippen LogP contribution in [0.5, 0.6) is 11.5 Å². The fourth-order valence-electron chi connectivity index (χ4n) is 3.90. The maximum Gasteiger partial charge on any atom is 0.171 e. The monoisotopic (exact) mass is 420 g/mol. The molecule has 6 nitrogen and oxygen atoms in total. The van der Waals surface area contributed by atoms with Gasteiger partial charge >= 0.3 is 0 Å². The third kappa shape index (κ3) is 3.04. The first kappa shape index (κ1) is 18.8. The van der Waals surface area contributed by atoms with Crippen LogP contribution in [0.2, 0.25) is 5.02 Å². The maximum absolute atomic E-state index is 6.65. The third-order valence-corrected chi connectivity index (χ3v) is 5.88. The Morgan fingerprint density at radius 2 is 1.90 bits per heavy atom. The Kier molecular flexibility index (Phi) is 4.51. The summed E-state index contributed by atoms with van der Waals surface area (Å²) in [6.45, 7) is 1.51. The molecule has 1 aromatic carbocycles. The quantitative estimate of drug-likeness (QED) is 0.477. The van der Waals surface area contributed by atoms with Crippen molar-refractivity contribution in [3.63, 3.8) is 0 Å². The van der Waals surface area contributed by atoms with E-state index in [1.807, 2.05) is 32.4 Å². The van der Waals surface area contributed by atoms with Crippen molar-refractivity contribution in [2.75, 3.05) is 32.2 Å². The standard InChI is InChI=1S/C23H21ClN4O2/c1-27-4-5-30-22-9-16(12-26-23(22)27)20-8-14-7-18(19(24)10-21(14)28(20)2)15-6-17(29-3)13-25-11-15/h6-13H,4-5H2,1-3H3. The second-order valence-corrected chi connectivity index (χ2v) is 7.82. The molecule has 0 aliphatic carbocycles. The van der Waals surface area contributed by atoms with E-state index in [0.717, 1.165) is 51.4 Å². The number of likely N-dealkylation sites (N-methyl/N-ethyl adjacent to an activating group) is 1. The molecule has 0 unspecified atom stereocenters. The van der Waals surface area contributed by atoms with Crippen LogP contribution in [-0.2, 0) is 7.05 Å². The Balaban J connectivity index is 1.62. The first-order valence-electron chi connectivity index (χ1n) is 9.68. The number of hydrogen-bond acceptors (Lipinski definition) is 5. The van der Waals surface area contributed by atoms with Gasteiger partial charge in [-0.3, -0.25) is 4.98 Å². The lowest BCUT2D eigenvalue weighted by Crippen LogP contribution is -2.29. The van der Waals surface area contributed by atoms with Gasteiger partial charge in [0.25, 0.3) is 0 Å². The lowest BCUT2D eigenvalue weighted by molar-refractivity contribution is 0.309. The summed E-state index contributed by atoms with van der Waals surface area (Å²) in [5, 5.41) is 1.75. The summed E-state index contributed by atoms with van der Waals surface area (Å²) >= 11 is 6.65. The molecule has 0 atom stereocenters. The Labute approximate surface area is 179 Å². The Morgan fingerprint density at radius 3 is 2.73 bits per heavy atom. The van der Waals surface area contributed by atoms with Crippen LogP contribution in [0.4, 0.5) is 5.82 Å². The van der Waals surface area contributed by atoms with E-state index in [1.54, 1.807) is 19.5 Å². The number of pyridine rings is 2. The lowest BCUT2D eigenvalue weighted by Gasteiger charge is -2.26. The Morgan fingerprint density at radius 1 is 1.03 bits per heavy atom. The molecule has 3 aromatic heterocycles. The highest BCUT2D eigenvalue weighted by Gasteiger charge is 2.19. The van der Waals surface area contributed by atoms with Crippen LogP contribution >= 0.6 is 11.6 Å². The lowest BCUT2D eigenvalue weighted by atomic mass is 10.1. The van der Waals surface area contributed by atoms with Gasteiger partial charge < -0.3 is 18.9 Å². The number of rotatable bonds is 3. The van der Waals surface area contributed by atoms with Crippen molar-refractivity contribution in [3.8, 4) is 33.9 Å². The van der Waals surface area contributed by atoms with E-state index in [2.05, 4.69) is 37.6 Å². The summed E-state index contributed by atoms with van der Waals surface area (Å²) in [6, 6.07) is 10.2. The second-order valence-electron chi connectivity index (χ2n) is 7.41. The van der Waals surface area contributed by atoms with Crippen molar-refractivity contribution < 1.29 is 9.47 Å². The van der Waals surface area contributed by atoms with Gasteiger partial charge in [0.15, 0.2) is 11.6 Å². The molecule has 0 saturated heterocycles. The van der Waals surface area contributed by atoms with Crippen LogP contribution < -0.4 is 14.4 Å².